The molecule has 4 rings (SSSR count). The van der Waals surface area contributed by atoms with Gasteiger partial charge in [0, 0.05) is 31.0 Å². The molecule has 0 spiro atoms. The molecule has 0 bridgehead atoms. The highest BCUT2D eigenvalue weighted by atomic mass is 32.1. The quantitative estimate of drug-likeness (QED) is 0.730. The number of hydrogen-bond acceptors (Lipinski definition) is 4. The minimum atomic E-state index is 0.447. The van der Waals surface area contributed by atoms with Crippen molar-refractivity contribution < 1.29 is 4.74 Å². The molecule has 4 nitrogen and oxygen atoms in total. The van der Waals surface area contributed by atoms with Crippen LogP contribution in [0.4, 0.5) is 0 Å². The third-order valence-electron chi connectivity index (χ3n) is 4.52. The van der Waals surface area contributed by atoms with Crippen molar-refractivity contribution >= 4 is 11.3 Å². The van der Waals surface area contributed by atoms with Gasteiger partial charge < -0.3 is 10.1 Å². The fourth-order valence-electron chi connectivity index (χ4n) is 3.22. The Kier molecular flexibility index (Phi) is 5.25. The van der Waals surface area contributed by atoms with Crippen molar-refractivity contribution in [2.45, 2.75) is 32.0 Å². The SMILES string of the molecule is c1ccc(Cn2cc(CNC3CCCOC3)c(-c3cccs3)n2)cc1. The van der Waals surface area contributed by atoms with Gasteiger partial charge in [0.2, 0.25) is 0 Å². The number of benzene rings is 1. The van der Waals surface area contributed by atoms with Gasteiger partial charge in [0.15, 0.2) is 0 Å². The summed E-state index contributed by atoms with van der Waals surface area (Å²) in [4.78, 5) is 1.23. The minimum Gasteiger partial charge on any atom is -0.380 e. The standard InChI is InChI=1S/C20H23N3OS/c1-2-6-16(7-3-1)13-23-14-17(12-21-18-8-4-10-24-15-18)20(22-23)19-9-5-11-25-19/h1-3,5-7,9,11,14,18,21H,4,8,10,12-13,15H2. The van der Waals surface area contributed by atoms with Crippen LogP contribution in [-0.4, -0.2) is 29.0 Å². The number of rotatable bonds is 6. The lowest BCUT2D eigenvalue weighted by molar-refractivity contribution is 0.0699. The fraction of sp³-hybridized carbons (Fsp3) is 0.350. The Morgan fingerprint density at radius 3 is 2.88 bits per heavy atom. The number of hydrogen-bond donors (Lipinski definition) is 1. The van der Waals surface area contributed by atoms with E-state index < -0.39 is 0 Å². The Morgan fingerprint density at radius 1 is 1.20 bits per heavy atom. The van der Waals surface area contributed by atoms with Gasteiger partial charge in [0.25, 0.3) is 0 Å². The Labute approximate surface area is 152 Å². The molecule has 1 aromatic carbocycles. The largest absolute Gasteiger partial charge is 0.380 e. The number of nitrogens with one attached hydrogen (secondary N) is 1. The molecule has 3 aromatic rings. The predicted octanol–water partition coefficient (Wildman–Crippen LogP) is 3.93. The molecule has 130 valence electrons. The van der Waals surface area contributed by atoms with Gasteiger partial charge in [0.05, 0.1) is 18.0 Å². The molecule has 1 fully saturated rings. The van der Waals surface area contributed by atoms with Crippen LogP contribution >= 0.6 is 11.3 Å². The smallest absolute Gasteiger partial charge is 0.107 e. The Bertz CT molecular complexity index is 777. The minimum absolute atomic E-state index is 0.447. The van der Waals surface area contributed by atoms with Crippen molar-refractivity contribution in [3.63, 3.8) is 0 Å². The normalized spacial score (nSPS) is 17.7. The molecule has 1 aliphatic heterocycles. The molecule has 1 unspecified atom stereocenters. The van der Waals surface area contributed by atoms with E-state index in [0.717, 1.165) is 38.4 Å². The van der Waals surface area contributed by atoms with Gasteiger partial charge >= 0.3 is 0 Å². The highest BCUT2D eigenvalue weighted by molar-refractivity contribution is 7.13. The summed E-state index contributed by atoms with van der Waals surface area (Å²) < 4.78 is 7.63. The van der Waals surface area contributed by atoms with E-state index in [-0.39, 0.29) is 0 Å². The maximum Gasteiger partial charge on any atom is 0.107 e. The van der Waals surface area contributed by atoms with Gasteiger partial charge in [-0.15, -0.1) is 11.3 Å². The third-order valence-corrected chi connectivity index (χ3v) is 5.40. The first-order chi connectivity index (χ1) is 12.4. The Morgan fingerprint density at radius 2 is 2.12 bits per heavy atom. The van der Waals surface area contributed by atoms with Gasteiger partial charge in [-0.3, -0.25) is 4.68 Å². The van der Waals surface area contributed by atoms with Gasteiger partial charge in [-0.05, 0) is 29.9 Å². The second-order valence-corrected chi connectivity index (χ2v) is 7.41. The third kappa shape index (κ3) is 4.18. The average molecular weight is 353 g/mol. The topological polar surface area (TPSA) is 39.1 Å². The first kappa shape index (κ1) is 16.5. The van der Waals surface area contributed by atoms with Crippen molar-refractivity contribution in [3.05, 3.63) is 65.2 Å². The van der Waals surface area contributed by atoms with Crippen LogP contribution in [0.5, 0.6) is 0 Å². The lowest BCUT2D eigenvalue weighted by atomic mass is 10.1. The molecular weight excluding hydrogens is 330 g/mol. The van der Waals surface area contributed by atoms with Crippen molar-refractivity contribution in [2.75, 3.05) is 13.2 Å². The van der Waals surface area contributed by atoms with Crippen molar-refractivity contribution in [3.8, 4) is 10.6 Å². The van der Waals surface area contributed by atoms with Crippen molar-refractivity contribution in [1.82, 2.24) is 15.1 Å². The summed E-state index contributed by atoms with van der Waals surface area (Å²) in [5.74, 6) is 0. The molecule has 0 saturated carbocycles. The molecule has 0 radical (unpaired) electrons. The zero-order valence-electron chi connectivity index (χ0n) is 14.2. The monoisotopic (exact) mass is 353 g/mol. The van der Waals surface area contributed by atoms with Gasteiger partial charge in [-0.25, -0.2) is 0 Å². The maximum atomic E-state index is 5.58. The van der Waals surface area contributed by atoms with E-state index in [1.807, 2.05) is 6.07 Å². The number of thiophene rings is 1. The van der Waals surface area contributed by atoms with Crippen LogP contribution in [0.3, 0.4) is 0 Å². The highest BCUT2D eigenvalue weighted by Gasteiger charge is 2.16. The van der Waals surface area contributed by atoms with Crippen LogP contribution in [0.1, 0.15) is 24.0 Å². The predicted molar refractivity (Wildman–Crippen MR) is 102 cm³/mol. The first-order valence-corrected chi connectivity index (χ1v) is 9.72. The summed E-state index contributed by atoms with van der Waals surface area (Å²) in [6.07, 6.45) is 4.51. The second-order valence-electron chi connectivity index (χ2n) is 6.46. The molecule has 1 atom stereocenters. The van der Waals surface area contributed by atoms with Gasteiger partial charge in [-0.2, -0.15) is 5.10 Å². The van der Waals surface area contributed by atoms with Crippen LogP contribution in [-0.2, 0) is 17.8 Å². The summed E-state index contributed by atoms with van der Waals surface area (Å²) in [6.45, 7) is 3.34. The molecule has 3 heterocycles. The first-order valence-electron chi connectivity index (χ1n) is 8.84. The molecule has 1 aliphatic rings. The molecule has 1 N–H and O–H groups in total. The molecule has 0 amide bonds. The summed E-state index contributed by atoms with van der Waals surface area (Å²) in [5.41, 5.74) is 3.61. The number of aromatic nitrogens is 2. The lowest BCUT2D eigenvalue weighted by Gasteiger charge is -2.23. The van der Waals surface area contributed by atoms with Crippen molar-refractivity contribution in [2.24, 2.45) is 0 Å². The zero-order valence-corrected chi connectivity index (χ0v) is 15.0. The van der Waals surface area contributed by atoms with Crippen molar-refractivity contribution in [1.29, 1.82) is 0 Å². The van der Waals surface area contributed by atoms with E-state index in [0.29, 0.717) is 6.04 Å². The van der Waals surface area contributed by atoms with E-state index in [4.69, 9.17) is 9.84 Å². The number of ether oxygens (including phenoxy) is 1. The molecule has 2 aromatic heterocycles. The molecule has 1 saturated heterocycles. The van der Waals surface area contributed by atoms with Crippen LogP contribution in [0.25, 0.3) is 10.6 Å². The average Bonchev–Trinajstić information content (AvgIpc) is 3.31. The zero-order chi connectivity index (χ0) is 16.9. The van der Waals surface area contributed by atoms with E-state index in [1.165, 1.54) is 22.4 Å². The lowest BCUT2D eigenvalue weighted by Crippen LogP contribution is -2.36. The summed E-state index contributed by atoms with van der Waals surface area (Å²) >= 11 is 1.74. The van der Waals surface area contributed by atoms with E-state index in [2.05, 4.69) is 58.0 Å². The van der Waals surface area contributed by atoms with Gasteiger partial charge in [-0.1, -0.05) is 36.4 Å². The summed E-state index contributed by atoms with van der Waals surface area (Å²) in [7, 11) is 0. The van der Waals surface area contributed by atoms with Crippen LogP contribution in [0.2, 0.25) is 0 Å². The fourth-order valence-corrected chi connectivity index (χ4v) is 3.96. The van der Waals surface area contributed by atoms with Crippen LogP contribution in [0, 0.1) is 0 Å². The van der Waals surface area contributed by atoms with Crippen LogP contribution < -0.4 is 5.32 Å². The number of nitrogens with zero attached hydrogens (tertiary/aromatic N) is 2. The molecular formula is C20H23N3OS. The Hall–Kier alpha value is -1.95. The highest BCUT2D eigenvalue weighted by Crippen LogP contribution is 2.27. The summed E-state index contributed by atoms with van der Waals surface area (Å²) in [5, 5.41) is 10.6. The van der Waals surface area contributed by atoms with E-state index in [9.17, 15) is 0 Å². The molecule has 25 heavy (non-hydrogen) atoms. The van der Waals surface area contributed by atoms with E-state index in [1.54, 1.807) is 11.3 Å². The maximum absolute atomic E-state index is 5.58. The molecule has 5 heteroatoms. The van der Waals surface area contributed by atoms with Crippen LogP contribution in [0.15, 0.2) is 54.0 Å². The summed E-state index contributed by atoms with van der Waals surface area (Å²) in [6, 6.07) is 15.2. The second kappa shape index (κ2) is 7.95. The van der Waals surface area contributed by atoms with Gasteiger partial charge in [0.1, 0.15) is 5.69 Å². The Balaban J connectivity index is 1.53. The van der Waals surface area contributed by atoms with E-state index >= 15 is 0 Å². The molecule has 0 aliphatic carbocycles.